The predicted molar refractivity (Wildman–Crippen MR) is 116 cm³/mol. The highest BCUT2D eigenvalue weighted by atomic mass is 17.5. The van der Waals surface area contributed by atoms with Crippen molar-refractivity contribution in [1.82, 2.24) is 0 Å². The molecule has 0 aliphatic carbocycles. The molecule has 7 nitrogen and oxygen atoms in total. The smallest absolute Gasteiger partial charge is 0.305 e. The van der Waals surface area contributed by atoms with Crippen LogP contribution < -0.4 is 0 Å². The summed E-state index contributed by atoms with van der Waals surface area (Å²) in [6.45, 7) is -0.138. The quantitative estimate of drug-likeness (QED) is 0.0660. The van der Waals surface area contributed by atoms with Crippen molar-refractivity contribution in [3.05, 3.63) is 48.6 Å². The molecule has 0 radical (unpaired) electrons. The summed E-state index contributed by atoms with van der Waals surface area (Å²) in [6, 6.07) is 0. The van der Waals surface area contributed by atoms with Gasteiger partial charge >= 0.3 is 5.97 Å². The summed E-state index contributed by atoms with van der Waals surface area (Å²) < 4.78 is 4.82. The Labute approximate surface area is 180 Å². The average Bonchev–Trinajstić information content (AvgIpc) is 2.76. The third kappa shape index (κ3) is 22.5. The van der Waals surface area contributed by atoms with Gasteiger partial charge in [0.05, 0.1) is 13.2 Å². The van der Waals surface area contributed by atoms with E-state index in [-0.39, 0.29) is 12.6 Å². The monoisotopic (exact) mass is 426 g/mol. The van der Waals surface area contributed by atoms with Crippen LogP contribution >= 0.6 is 0 Å². The van der Waals surface area contributed by atoms with E-state index in [0.29, 0.717) is 19.4 Å². The molecule has 0 aromatic carbocycles. The summed E-state index contributed by atoms with van der Waals surface area (Å²) in [5.41, 5.74) is 0. The maximum Gasteiger partial charge on any atom is 0.305 e. The molecule has 0 amide bonds. The van der Waals surface area contributed by atoms with Crippen LogP contribution in [0.5, 0.6) is 0 Å². The fourth-order valence-corrected chi connectivity index (χ4v) is 2.37. The first kappa shape index (κ1) is 28.2. The number of rotatable bonds is 20. The lowest BCUT2D eigenvalue weighted by Gasteiger charge is -2.07. The van der Waals surface area contributed by atoms with Gasteiger partial charge in [-0.2, -0.15) is 0 Å². The molecule has 0 heterocycles. The topological polar surface area (TPSA) is 105 Å². The number of aliphatic hydroxyl groups excluding tert-OH is 2. The first-order valence-electron chi connectivity index (χ1n) is 10.7. The van der Waals surface area contributed by atoms with Crippen LogP contribution in [0, 0.1) is 0 Å². The minimum atomic E-state index is -0.998. The maximum atomic E-state index is 11.4. The molecule has 0 aromatic heterocycles. The summed E-state index contributed by atoms with van der Waals surface area (Å²) in [7, 11) is 0. The highest BCUT2D eigenvalue weighted by Gasteiger charge is 2.06. The molecule has 3 N–H and O–H groups in total. The van der Waals surface area contributed by atoms with E-state index in [1.165, 1.54) is 0 Å². The second-order valence-corrected chi connectivity index (χ2v) is 6.77. The number of aliphatic hydroxyl groups is 2. The number of esters is 1. The van der Waals surface area contributed by atoms with Crippen molar-refractivity contribution in [3.63, 3.8) is 0 Å². The van der Waals surface area contributed by atoms with Gasteiger partial charge in [-0.1, -0.05) is 60.1 Å². The van der Waals surface area contributed by atoms with Crippen molar-refractivity contribution in [2.24, 2.45) is 0 Å². The predicted octanol–water partition coefficient (Wildman–Crippen LogP) is 4.43. The summed E-state index contributed by atoms with van der Waals surface area (Å²) in [5.74, 6) is -0.351. The summed E-state index contributed by atoms with van der Waals surface area (Å²) in [6.07, 6.45) is 24.7. The summed E-state index contributed by atoms with van der Waals surface area (Å²) >= 11 is 0. The molecule has 1 atom stereocenters. The van der Waals surface area contributed by atoms with Crippen molar-refractivity contribution in [3.8, 4) is 0 Å². The Bertz CT molecular complexity index is 498. The fourth-order valence-electron chi connectivity index (χ4n) is 2.37. The molecule has 0 saturated carbocycles. The lowest BCUT2D eigenvalue weighted by molar-refractivity contribution is -0.490. The zero-order valence-electron chi connectivity index (χ0n) is 17.9. The molecule has 0 aliphatic heterocycles. The van der Waals surface area contributed by atoms with Gasteiger partial charge in [-0.05, 0) is 51.4 Å². The molecule has 7 heteroatoms. The van der Waals surface area contributed by atoms with Crippen molar-refractivity contribution in [2.45, 2.75) is 70.3 Å². The second kappa shape index (κ2) is 23.5. The molecule has 172 valence electrons. The van der Waals surface area contributed by atoms with Crippen molar-refractivity contribution < 1.29 is 34.9 Å². The van der Waals surface area contributed by atoms with Crippen LogP contribution in [0.2, 0.25) is 0 Å². The minimum Gasteiger partial charge on any atom is -0.463 e. The van der Waals surface area contributed by atoms with Gasteiger partial charge in [0.1, 0.15) is 12.7 Å². The Kier molecular flexibility index (Phi) is 22.1. The normalized spacial score (nSPS) is 13.3. The lowest BCUT2D eigenvalue weighted by Crippen LogP contribution is -2.21. The van der Waals surface area contributed by atoms with Crippen LogP contribution in [0.1, 0.15) is 64.2 Å². The molecule has 0 rings (SSSR count). The van der Waals surface area contributed by atoms with E-state index < -0.39 is 12.7 Å². The van der Waals surface area contributed by atoms with Crippen molar-refractivity contribution >= 4 is 5.97 Å². The number of carbonyl (C=O) groups is 1. The Morgan fingerprint density at radius 2 is 1.53 bits per heavy atom. The van der Waals surface area contributed by atoms with Crippen LogP contribution in [0.3, 0.4) is 0 Å². The number of allylic oxidation sites excluding steroid dienone is 8. The van der Waals surface area contributed by atoms with Crippen LogP contribution in [-0.2, 0) is 19.5 Å². The van der Waals surface area contributed by atoms with E-state index in [9.17, 15) is 4.79 Å². The van der Waals surface area contributed by atoms with E-state index >= 15 is 0 Å². The van der Waals surface area contributed by atoms with E-state index in [4.69, 9.17) is 20.2 Å². The molecule has 30 heavy (non-hydrogen) atoms. The Hall–Kier alpha value is -1.77. The van der Waals surface area contributed by atoms with Gasteiger partial charge in [-0.25, -0.2) is 10.1 Å². The van der Waals surface area contributed by atoms with Gasteiger partial charge in [0, 0.05) is 6.42 Å². The summed E-state index contributed by atoms with van der Waals surface area (Å²) in [5, 5.41) is 29.2. The van der Waals surface area contributed by atoms with E-state index in [1.807, 2.05) is 12.2 Å². The van der Waals surface area contributed by atoms with E-state index in [0.717, 1.165) is 51.4 Å². The van der Waals surface area contributed by atoms with Gasteiger partial charge in [-0.3, -0.25) is 4.79 Å². The number of ether oxygens (including phenoxy) is 1. The molecule has 0 spiro atoms. The average molecular weight is 427 g/mol. The third-order valence-electron chi connectivity index (χ3n) is 4.04. The second-order valence-electron chi connectivity index (χ2n) is 6.77. The van der Waals surface area contributed by atoms with Crippen molar-refractivity contribution in [1.29, 1.82) is 0 Å². The molecule has 0 aromatic rings. The lowest BCUT2D eigenvalue weighted by atomic mass is 10.2. The van der Waals surface area contributed by atoms with Gasteiger partial charge in [0.25, 0.3) is 0 Å². The molecule has 0 saturated heterocycles. The van der Waals surface area contributed by atoms with Crippen LogP contribution in [-0.4, -0.2) is 47.4 Å². The molecule has 0 fully saturated rings. The van der Waals surface area contributed by atoms with E-state index in [2.05, 4.69) is 46.4 Å². The SMILES string of the molecule is O=C(CCCC=CCC=CC=CCCC=CCCCCCOOO)OCC(O)CO. The fraction of sp³-hybridized carbons (Fsp3) is 0.609. The third-order valence-corrected chi connectivity index (χ3v) is 4.04. The molecular weight excluding hydrogens is 388 g/mol. The molecule has 1 unspecified atom stereocenters. The standard InChI is InChI=1S/C23H38O7/c24-20-22(25)21-28-23(26)18-16-14-12-10-8-6-4-2-1-3-5-7-9-11-13-15-17-19-29-30-27/h1-2,4,6-7,9-10,12,22,24-25,27H,3,5,8,11,13-21H2. The minimum absolute atomic E-state index is 0.154. The van der Waals surface area contributed by atoms with Crippen LogP contribution in [0.15, 0.2) is 48.6 Å². The Morgan fingerprint density at radius 3 is 2.33 bits per heavy atom. The highest BCUT2D eigenvalue weighted by Crippen LogP contribution is 2.03. The number of hydrogen-bond donors (Lipinski definition) is 3. The molecule has 0 aliphatic rings. The molecule has 0 bridgehead atoms. The Balaban J connectivity index is 3.47. The van der Waals surface area contributed by atoms with Gasteiger partial charge in [-0.15, -0.1) is 0 Å². The highest BCUT2D eigenvalue weighted by molar-refractivity contribution is 5.69. The Morgan fingerprint density at radius 1 is 0.833 bits per heavy atom. The zero-order chi connectivity index (χ0) is 22.1. The first-order valence-corrected chi connectivity index (χ1v) is 10.7. The number of hydrogen-bond acceptors (Lipinski definition) is 7. The summed E-state index contributed by atoms with van der Waals surface area (Å²) in [4.78, 5) is 15.8. The number of unbranched alkanes of at least 4 members (excludes halogenated alkanes) is 5. The van der Waals surface area contributed by atoms with Crippen LogP contribution in [0.4, 0.5) is 0 Å². The maximum absolute atomic E-state index is 11.4. The van der Waals surface area contributed by atoms with Gasteiger partial charge in [0.2, 0.25) is 0 Å². The number of carbonyl (C=O) groups excluding carboxylic acids is 1. The van der Waals surface area contributed by atoms with Crippen LogP contribution in [0.25, 0.3) is 0 Å². The first-order chi connectivity index (χ1) is 14.7. The zero-order valence-corrected chi connectivity index (χ0v) is 17.9. The van der Waals surface area contributed by atoms with Gasteiger partial charge in [0.15, 0.2) is 0 Å². The van der Waals surface area contributed by atoms with Crippen molar-refractivity contribution in [2.75, 3.05) is 19.8 Å². The molecular formula is C23H38O7. The largest absolute Gasteiger partial charge is 0.463 e. The van der Waals surface area contributed by atoms with E-state index in [1.54, 1.807) is 0 Å². The van der Waals surface area contributed by atoms with Gasteiger partial charge < -0.3 is 14.9 Å².